The lowest BCUT2D eigenvalue weighted by Crippen LogP contribution is -2.41. The summed E-state index contributed by atoms with van der Waals surface area (Å²) in [6.07, 6.45) is 4.16. The van der Waals surface area contributed by atoms with Crippen LogP contribution >= 0.6 is 0 Å². The fourth-order valence-corrected chi connectivity index (χ4v) is 2.14. The predicted molar refractivity (Wildman–Crippen MR) is 56.1 cm³/mol. The molecular formula is C11H18N2O2. The lowest BCUT2D eigenvalue weighted by molar-refractivity contribution is -0.132. The summed E-state index contributed by atoms with van der Waals surface area (Å²) in [6, 6.07) is 0.290. The van der Waals surface area contributed by atoms with E-state index in [-0.39, 0.29) is 24.4 Å². The second-order valence-corrected chi connectivity index (χ2v) is 4.64. The first-order valence-corrected chi connectivity index (χ1v) is 5.73. The second-order valence-electron chi connectivity index (χ2n) is 4.64. The first kappa shape index (κ1) is 10.5. The molecule has 4 heteroatoms. The molecule has 0 aromatic rings. The summed E-state index contributed by atoms with van der Waals surface area (Å²) in [5, 5.41) is 2.62. The first-order chi connectivity index (χ1) is 7.16. The molecule has 84 valence electrons. The van der Waals surface area contributed by atoms with Gasteiger partial charge in [-0.05, 0) is 19.3 Å². The van der Waals surface area contributed by atoms with E-state index in [1.165, 1.54) is 12.8 Å². The Morgan fingerprint density at radius 2 is 2.20 bits per heavy atom. The van der Waals surface area contributed by atoms with Crippen molar-refractivity contribution in [1.29, 1.82) is 0 Å². The molecule has 1 aliphatic heterocycles. The summed E-state index contributed by atoms with van der Waals surface area (Å²) >= 11 is 0. The van der Waals surface area contributed by atoms with Gasteiger partial charge in [-0.25, -0.2) is 0 Å². The van der Waals surface area contributed by atoms with Crippen LogP contribution in [0.1, 0.15) is 32.6 Å². The molecule has 1 saturated carbocycles. The molecule has 0 radical (unpaired) electrons. The number of amides is 2. The van der Waals surface area contributed by atoms with Crippen molar-refractivity contribution in [3.8, 4) is 0 Å². The number of hydrogen-bond acceptors (Lipinski definition) is 2. The van der Waals surface area contributed by atoms with Crippen LogP contribution < -0.4 is 5.32 Å². The number of carbonyl (C=O) groups is 2. The predicted octanol–water partition coefficient (Wildman–Crippen LogP) is 0.523. The van der Waals surface area contributed by atoms with Gasteiger partial charge in [-0.3, -0.25) is 9.59 Å². The monoisotopic (exact) mass is 210 g/mol. The molecule has 15 heavy (non-hydrogen) atoms. The van der Waals surface area contributed by atoms with Crippen LogP contribution in [-0.2, 0) is 9.59 Å². The molecule has 1 saturated heterocycles. The molecule has 1 unspecified atom stereocenters. The van der Waals surface area contributed by atoms with E-state index in [4.69, 9.17) is 0 Å². The van der Waals surface area contributed by atoms with Crippen molar-refractivity contribution in [2.75, 3.05) is 13.1 Å². The van der Waals surface area contributed by atoms with Gasteiger partial charge in [0, 0.05) is 19.0 Å². The minimum atomic E-state index is -0.00975. The topological polar surface area (TPSA) is 49.4 Å². The van der Waals surface area contributed by atoms with Crippen molar-refractivity contribution in [3.63, 3.8) is 0 Å². The fourth-order valence-electron chi connectivity index (χ4n) is 2.14. The van der Waals surface area contributed by atoms with Gasteiger partial charge in [0.2, 0.25) is 11.8 Å². The van der Waals surface area contributed by atoms with E-state index in [0.717, 1.165) is 12.3 Å². The van der Waals surface area contributed by atoms with Crippen molar-refractivity contribution >= 4 is 11.8 Å². The molecule has 0 aromatic heterocycles. The van der Waals surface area contributed by atoms with E-state index in [1.54, 1.807) is 0 Å². The number of nitrogens with one attached hydrogen (secondary N) is 1. The second kappa shape index (κ2) is 4.21. The number of hydrogen-bond donors (Lipinski definition) is 1. The molecule has 1 atom stereocenters. The molecule has 2 fully saturated rings. The maximum atomic E-state index is 11.7. The zero-order valence-electron chi connectivity index (χ0n) is 9.16. The summed E-state index contributed by atoms with van der Waals surface area (Å²) in [4.78, 5) is 24.7. The maximum absolute atomic E-state index is 11.7. The normalized spacial score (nSPS) is 24.7. The molecule has 2 rings (SSSR count). The summed E-state index contributed by atoms with van der Waals surface area (Å²) in [5.74, 6) is 0.873. The third kappa shape index (κ3) is 2.70. The molecule has 0 bridgehead atoms. The van der Waals surface area contributed by atoms with E-state index in [1.807, 2.05) is 4.90 Å². The average Bonchev–Trinajstić information content (AvgIpc) is 2.98. The maximum Gasteiger partial charge on any atom is 0.242 e. The van der Waals surface area contributed by atoms with Gasteiger partial charge in [0.15, 0.2) is 0 Å². The lowest BCUT2D eigenvalue weighted by Gasteiger charge is -2.27. The Morgan fingerprint density at radius 3 is 2.87 bits per heavy atom. The molecule has 2 amide bonds. The van der Waals surface area contributed by atoms with Crippen LogP contribution in [0.2, 0.25) is 0 Å². The largest absolute Gasteiger partial charge is 0.347 e. The van der Waals surface area contributed by atoms with Crippen molar-refractivity contribution in [1.82, 2.24) is 10.2 Å². The summed E-state index contributed by atoms with van der Waals surface area (Å²) in [7, 11) is 0. The first-order valence-electron chi connectivity index (χ1n) is 5.73. The highest BCUT2D eigenvalue weighted by Crippen LogP contribution is 2.34. The highest BCUT2D eigenvalue weighted by molar-refractivity contribution is 5.87. The van der Waals surface area contributed by atoms with Gasteiger partial charge in [0.05, 0.1) is 6.54 Å². The highest BCUT2D eigenvalue weighted by Gasteiger charge is 2.29. The van der Waals surface area contributed by atoms with Crippen molar-refractivity contribution in [2.45, 2.75) is 38.6 Å². The Morgan fingerprint density at radius 1 is 1.47 bits per heavy atom. The zero-order valence-corrected chi connectivity index (χ0v) is 9.16. The standard InChI is InChI=1S/C11H18N2O2/c1-8(6-9-2-3-9)13-5-4-10(14)12-7-11(13)15/h8-9H,2-7H2,1H3,(H,12,14). The summed E-state index contributed by atoms with van der Waals surface area (Å²) in [6.45, 7) is 2.85. The van der Waals surface area contributed by atoms with Gasteiger partial charge in [-0.15, -0.1) is 0 Å². The van der Waals surface area contributed by atoms with Crippen molar-refractivity contribution < 1.29 is 9.59 Å². The van der Waals surface area contributed by atoms with E-state index in [9.17, 15) is 9.59 Å². The molecule has 1 heterocycles. The summed E-state index contributed by atoms with van der Waals surface area (Å²) < 4.78 is 0. The SMILES string of the molecule is CC(CC1CC1)N1CCC(=O)NCC1=O. The molecule has 2 aliphatic rings. The van der Waals surface area contributed by atoms with Gasteiger partial charge in [0.1, 0.15) is 0 Å². The van der Waals surface area contributed by atoms with Gasteiger partial charge < -0.3 is 10.2 Å². The van der Waals surface area contributed by atoms with Crippen LogP contribution in [0, 0.1) is 5.92 Å². The smallest absolute Gasteiger partial charge is 0.242 e. The molecule has 1 aliphatic carbocycles. The Labute approximate surface area is 90.0 Å². The van der Waals surface area contributed by atoms with E-state index < -0.39 is 0 Å². The Bertz CT molecular complexity index is 274. The summed E-state index contributed by atoms with van der Waals surface area (Å²) in [5.41, 5.74) is 0. The van der Waals surface area contributed by atoms with Gasteiger partial charge in [-0.1, -0.05) is 12.8 Å². The number of rotatable bonds is 3. The molecule has 0 spiro atoms. The quantitative estimate of drug-likeness (QED) is 0.738. The van der Waals surface area contributed by atoms with E-state index >= 15 is 0 Å². The van der Waals surface area contributed by atoms with Gasteiger partial charge in [0.25, 0.3) is 0 Å². The Balaban J connectivity index is 1.92. The molecule has 0 aromatic carbocycles. The number of nitrogens with zero attached hydrogens (tertiary/aromatic N) is 1. The van der Waals surface area contributed by atoms with Crippen LogP contribution in [0.4, 0.5) is 0 Å². The van der Waals surface area contributed by atoms with E-state index in [0.29, 0.717) is 13.0 Å². The zero-order chi connectivity index (χ0) is 10.8. The minimum Gasteiger partial charge on any atom is -0.347 e. The van der Waals surface area contributed by atoms with Crippen LogP contribution in [0.3, 0.4) is 0 Å². The van der Waals surface area contributed by atoms with Crippen LogP contribution in [-0.4, -0.2) is 35.8 Å². The Hall–Kier alpha value is -1.06. The minimum absolute atomic E-state index is 0.00975. The fraction of sp³-hybridized carbons (Fsp3) is 0.818. The van der Waals surface area contributed by atoms with Crippen molar-refractivity contribution in [3.05, 3.63) is 0 Å². The third-order valence-electron chi connectivity index (χ3n) is 3.24. The Kier molecular flexibility index (Phi) is 2.93. The highest BCUT2D eigenvalue weighted by atomic mass is 16.2. The van der Waals surface area contributed by atoms with Gasteiger partial charge >= 0.3 is 0 Å². The average molecular weight is 210 g/mol. The van der Waals surface area contributed by atoms with E-state index in [2.05, 4.69) is 12.2 Å². The van der Waals surface area contributed by atoms with Crippen LogP contribution in [0.25, 0.3) is 0 Å². The van der Waals surface area contributed by atoms with Crippen LogP contribution in [0.15, 0.2) is 0 Å². The van der Waals surface area contributed by atoms with Crippen LogP contribution in [0.5, 0.6) is 0 Å². The number of carbonyl (C=O) groups excluding carboxylic acids is 2. The van der Waals surface area contributed by atoms with Gasteiger partial charge in [-0.2, -0.15) is 0 Å². The lowest BCUT2D eigenvalue weighted by atomic mass is 10.1. The van der Waals surface area contributed by atoms with Crippen molar-refractivity contribution in [2.24, 2.45) is 5.92 Å². The molecular weight excluding hydrogens is 192 g/mol. The molecule has 4 nitrogen and oxygen atoms in total. The third-order valence-corrected chi connectivity index (χ3v) is 3.24. The molecule has 1 N–H and O–H groups in total.